The predicted octanol–water partition coefficient (Wildman–Crippen LogP) is 8.47. The van der Waals surface area contributed by atoms with Crippen molar-refractivity contribution < 1.29 is 23.4 Å². The number of fused-ring (bicyclic) bond motifs is 1. The number of benzene rings is 1. The molecule has 3 N–H and O–H groups in total. The van der Waals surface area contributed by atoms with Gasteiger partial charge in [0.15, 0.2) is 5.65 Å². The lowest BCUT2D eigenvalue weighted by Gasteiger charge is -2.44. The number of aryl methyl sites for hydroxylation is 1. The summed E-state index contributed by atoms with van der Waals surface area (Å²) < 4.78 is 39.0. The summed E-state index contributed by atoms with van der Waals surface area (Å²) in [7, 11) is 0. The Labute approximate surface area is 358 Å². The zero-order chi connectivity index (χ0) is 41.0. The lowest BCUT2D eigenvalue weighted by atomic mass is 9.91. The molecule has 1 aromatic carbocycles. The highest BCUT2D eigenvalue weighted by atomic mass is 35.5. The first-order valence-electron chi connectivity index (χ1n) is 21.2. The van der Waals surface area contributed by atoms with Crippen LogP contribution in [0.15, 0.2) is 24.4 Å². The van der Waals surface area contributed by atoms with Crippen molar-refractivity contribution in [3.05, 3.63) is 45.7 Å². The summed E-state index contributed by atoms with van der Waals surface area (Å²) in [5.74, 6) is 1.97. The minimum absolute atomic E-state index is 0. The van der Waals surface area contributed by atoms with Crippen molar-refractivity contribution in [1.29, 1.82) is 0 Å². The summed E-state index contributed by atoms with van der Waals surface area (Å²) in [6.45, 7) is 16.6. The van der Waals surface area contributed by atoms with Crippen molar-refractivity contribution >= 4 is 52.6 Å². The van der Waals surface area contributed by atoms with Crippen molar-refractivity contribution in [3.8, 4) is 0 Å². The molecule has 0 saturated carbocycles. The quantitative estimate of drug-likeness (QED) is 0.175. The third kappa shape index (κ3) is 11.3. The summed E-state index contributed by atoms with van der Waals surface area (Å²) in [6, 6.07) is 7.33. The van der Waals surface area contributed by atoms with E-state index in [1.54, 1.807) is 6.07 Å². The number of alkyl halides is 3. The largest absolute Gasteiger partial charge is 0.414 e. The molecule has 0 bridgehead atoms. The van der Waals surface area contributed by atoms with Crippen molar-refractivity contribution in [2.75, 3.05) is 44.2 Å². The Morgan fingerprint density at radius 3 is 2.17 bits per heavy atom. The molecule has 0 radical (unpaired) electrons. The van der Waals surface area contributed by atoms with E-state index in [0.717, 1.165) is 99.5 Å². The van der Waals surface area contributed by atoms with Gasteiger partial charge in [-0.1, -0.05) is 43.1 Å². The summed E-state index contributed by atoms with van der Waals surface area (Å²) in [5, 5.41) is 28.3. The van der Waals surface area contributed by atoms with Crippen molar-refractivity contribution in [1.82, 2.24) is 34.9 Å². The molecule has 10 nitrogen and oxygen atoms in total. The maximum absolute atomic E-state index is 12.4. The van der Waals surface area contributed by atoms with E-state index in [4.69, 9.17) is 43.4 Å². The van der Waals surface area contributed by atoms with Crippen LogP contribution >= 0.6 is 35.6 Å². The van der Waals surface area contributed by atoms with E-state index < -0.39 is 12.3 Å². The van der Waals surface area contributed by atoms with Crippen molar-refractivity contribution in [3.63, 3.8) is 0 Å². The van der Waals surface area contributed by atoms with Gasteiger partial charge >= 0.3 is 6.18 Å². The van der Waals surface area contributed by atoms with Crippen LogP contribution < -0.4 is 10.2 Å². The molecular weight excluding hydrogens is 812 g/mol. The molecule has 4 saturated heterocycles. The molecular formula is C42H64Cl3F3N8O2. The van der Waals surface area contributed by atoms with Crippen LogP contribution in [-0.2, 0) is 0 Å². The maximum atomic E-state index is 12.4. The number of anilines is 1. The number of aliphatic hydroxyl groups is 2. The number of aromatic nitrogens is 4. The van der Waals surface area contributed by atoms with E-state index in [-0.39, 0.29) is 37.0 Å². The number of nitrogens with one attached hydrogen (secondary N) is 1. The Morgan fingerprint density at radius 1 is 0.914 bits per heavy atom. The molecule has 0 spiro atoms. The van der Waals surface area contributed by atoms with E-state index in [2.05, 4.69) is 40.8 Å². The van der Waals surface area contributed by atoms with Gasteiger partial charge in [-0.3, -0.25) is 9.80 Å². The fourth-order valence-corrected chi connectivity index (χ4v) is 10.5. The lowest BCUT2D eigenvalue weighted by molar-refractivity contribution is -0.206. The highest BCUT2D eigenvalue weighted by Crippen LogP contribution is 2.35. The number of hydrogen-bond acceptors (Lipinski definition) is 9. The summed E-state index contributed by atoms with van der Waals surface area (Å²) in [4.78, 5) is 17.4. The number of halogens is 6. The van der Waals surface area contributed by atoms with Crippen LogP contribution in [0, 0.1) is 18.8 Å². The first-order chi connectivity index (χ1) is 27.1. The van der Waals surface area contributed by atoms with E-state index in [9.17, 15) is 18.3 Å². The third-order valence-electron chi connectivity index (χ3n) is 13.0. The monoisotopic (exact) mass is 874 g/mol. The minimum Gasteiger partial charge on any atom is -0.393 e. The SMILES string of the molecule is CC1CNCCC1N1CCC[C@H]1CCC(O)C(F)(F)F.Cc1nn([C@H](C)c2ccc(Cl)cc2Cl)c2nc(N3CCC(N4CCC[C@H]4CCC(C)O)C(C)C3)cnc12.Cl. The zero-order valence-electron chi connectivity index (χ0n) is 34.6. The van der Waals surface area contributed by atoms with Crippen LogP contribution in [0.25, 0.3) is 11.2 Å². The molecule has 326 valence electrons. The fourth-order valence-electron chi connectivity index (χ4n) is 9.92. The van der Waals surface area contributed by atoms with Gasteiger partial charge in [-0.2, -0.15) is 18.3 Å². The second-order valence-electron chi connectivity index (χ2n) is 17.2. The van der Waals surface area contributed by atoms with Crippen molar-refractivity contribution in [2.45, 2.75) is 147 Å². The van der Waals surface area contributed by atoms with Crippen LogP contribution in [0.5, 0.6) is 0 Å². The molecule has 4 aliphatic rings. The average molecular weight is 876 g/mol. The van der Waals surface area contributed by atoms with E-state index >= 15 is 0 Å². The van der Waals surface area contributed by atoms with Crippen LogP contribution in [-0.4, -0.2) is 122 Å². The van der Waals surface area contributed by atoms with Gasteiger partial charge in [0.05, 0.1) is 24.0 Å². The average Bonchev–Trinajstić information content (AvgIpc) is 3.92. The standard InChI is InChI=1S/C28H38Cl2N6O.C14H25F3N2O.ClH/c1-17-16-34(13-11-25(17)35-12-5-6-22(35)9-7-18(2)37)26-15-31-27-19(3)33-36(28(27)32-26)20(4)23-10-8-21(29)14-24(23)30;1-10-9-18-7-6-12(10)19-8-2-3-11(19)4-5-13(20)14(15,16)17;/h8,10,14-15,17-18,20,22,25,37H,5-7,9,11-13,16H2,1-4H3;10-13,18,20H,2-9H2,1H3;1H/t17?,18?,20-,22+,25?;10?,11-,12?,13?;/m10./s1. The molecule has 2 aromatic heterocycles. The number of hydrogen-bond donors (Lipinski definition) is 3. The Hall–Kier alpha value is -1.97. The van der Waals surface area contributed by atoms with Gasteiger partial charge in [0.2, 0.25) is 0 Å². The van der Waals surface area contributed by atoms with E-state index in [0.29, 0.717) is 46.4 Å². The summed E-state index contributed by atoms with van der Waals surface area (Å²) in [6.07, 6.45) is 3.98. The molecule has 58 heavy (non-hydrogen) atoms. The van der Waals surface area contributed by atoms with Gasteiger partial charge in [0.1, 0.15) is 17.4 Å². The molecule has 7 rings (SSSR count). The van der Waals surface area contributed by atoms with Gasteiger partial charge in [-0.15, -0.1) is 12.4 Å². The van der Waals surface area contributed by atoms with Crippen LogP contribution in [0.4, 0.5) is 19.0 Å². The van der Waals surface area contributed by atoms with Gasteiger partial charge < -0.3 is 20.4 Å². The van der Waals surface area contributed by atoms with Crippen molar-refractivity contribution in [2.24, 2.45) is 11.8 Å². The maximum Gasteiger partial charge on any atom is 0.414 e. The molecule has 9 atom stereocenters. The van der Waals surface area contributed by atoms with Gasteiger partial charge in [0.25, 0.3) is 0 Å². The number of likely N-dealkylation sites (tertiary alicyclic amines) is 2. The molecule has 0 aliphatic carbocycles. The highest BCUT2D eigenvalue weighted by molar-refractivity contribution is 6.35. The molecule has 16 heteroatoms. The Balaban J connectivity index is 0.000000259. The molecule has 6 heterocycles. The number of piperidine rings is 2. The van der Waals surface area contributed by atoms with Crippen LogP contribution in [0.2, 0.25) is 10.0 Å². The molecule has 3 aromatic rings. The molecule has 0 amide bonds. The smallest absolute Gasteiger partial charge is 0.393 e. The minimum atomic E-state index is -4.48. The first kappa shape index (κ1) is 47.1. The number of nitrogens with zero attached hydrogens (tertiary/aromatic N) is 7. The number of aliphatic hydroxyl groups excluding tert-OH is 2. The third-order valence-corrected chi connectivity index (χ3v) is 13.6. The number of rotatable bonds is 11. The lowest BCUT2D eigenvalue weighted by Crippen LogP contribution is -2.52. The fraction of sp³-hybridized carbons (Fsp3) is 0.738. The normalized spacial score (nSPS) is 27.6. The van der Waals surface area contributed by atoms with E-state index in [1.807, 2.05) is 36.9 Å². The van der Waals surface area contributed by atoms with Crippen LogP contribution in [0.3, 0.4) is 0 Å². The van der Waals surface area contributed by atoms with Crippen LogP contribution in [0.1, 0.15) is 109 Å². The second-order valence-corrected chi connectivity index (χ2v) is 18.1. The Kier molecular flexibility index (Phi) is 16.8. The van der Waals surface area contributed by atoms with E-state index in [1.165, 1.54) is 19.4 Å². The van der Waals surface area contributed by atoms with Gasteiger partial charge in [-0.25, -0.2) is 14.6 Å². The Bertz CT molecular complexity index is 1770. The topological polar surface area (TPSA) is 106 Å². The molecule has 4 aliphatic heterocycles. The highest BCUT2D eigenvalue weighted by Gasteiger charge is 2.41. The summed E-state index contributed by atoms with van der Waals surface area (Å²) >= 11 is 12.7. The van der Waals surface area contributed by atoms with Gasteiger partial charge in [-0.05, 0) is 141 Å². The predicted molar refractivity (Wildman–Crippen MR) is 229 cm³/mol. The zero-order valence-corrected chi connectivity index (χ0v) is 37.0. The molecule has 6 unspecified atom stereocenters. The second kappa shape index (κ2) is 20.7. The Morgan fingerprint density at radius 2 is 1.57 bits per heavy atom. The molecule has 4 fully saturated rings. The van der Waals surface area contributed by atoms with Gasteiger partial charge in [0, 0.05) is 47.3 Å². The summed E-state index contributed by atoms with van der Waals surface area (Å²) in [5.41, 5.74) is 3.41. The first-order valence-corrected chi connectivity index (χ1v) is 21.9.